The van der Waals surface area contributed by atoms with Crippen LogP contribution in [-0.2, 0) is 17.7 Å². The van der Waals surface area contributed by atoms with Crippen LogP contribution in [0.25, 0.3) is 21.6 Å². The fourth-order valence-corrected chi connectivity index (χ4v) is 7.34. The van der Waals surface area contributed by atoms with Crippen molar-refractivity contribution in [1.29, 1.82) is 0 Å². The Labute approximate surface area is 278 Å². The van der Waals surface area contributed by atoms with E-state index in [2.05, 4.69) is 35.5 Å². The molecule has 0 atom stereocenters. The van der Waals surface area contributed by atoms with Gasteiger partial charge < -0.3 is 25.8 Å². The number of hydrogen-bond acceptors (Lipinski definition) is 8. The molecule has 1 aliphatic carbocycles. The van der Waals surface area contributed by atoms with Crippen LogP contribution >= 0.6 is 11.3 Å². The van der Waals surface area contributed by atoms with E-state index in [9.17, 15) is 14.4 Å². The first-order valence-corrected chi connectivity index (χ1v) is 16.8. The summed E-state index contributed by atoms with van der Waals surface area (Å²) in [6, 6.07) is 14.6. The predicted molar refractivity (Wildman–Crippen MR) is 184 cm³/mol. The summed E-state index contributed by atoms with van der Waals surface area (Å²) in [5, 5.41) is 8.19. The number of benzene rings is 2. The number of esters is 1. The SMILES string of the molecule is COC(=O)c1nc(C(=O)NC2CCC(C)(C)CC2)ccc1-c1cc2c(cc1C(=O)Nc1ccc(CN)cc1C)-c1sccc1CCO2. The third-order valence-electron chi connectivity index (χ3n) is 9.23. The van der Waals surface area contributed by atoms with Crippen LogP contribution in [0.3, 0.4) is 0 Å². The zero-order valence-corrected chi connectivity index (χ0v) is 28.0. The number of ether oxygens (including phenoxy) is 2. The molecule has 2 aliphatic rings. The molecular weight excluding hydrogens is 612 g/mol. The van der Waals surface area contributed by atoms with E-state index in [1.165, 1.54) is 7.11 Å². The van der Waals surface area contributed by atoms with Crippen molar-refractivity contribution in [2.75, 3.05) is 19.0 Å². The second-order valence-corrected chi connectivity index (χ2v) is 14.0. The number of hydrogen-bond donors (Lipinski definition) is 3. The number of nitrogens with two attached hydrogens (primary N) is 1. The number of amides is 2. The van der Waals surface area contributed by atoms with Gasteiger partial charge in [-0.25, -0.2) is 9.78 Å². The molecule has 0 spiro atoms. The lowest BCUT2D eigenvalue weighted by Gasteiger charge is -2.34. The second-order valence-electron chi connectivity index (χ2n) is 13.1. The van der Waals surface area contributed by atoms with Gasteiger partial charge in [-0.2, -0.15) is 0 Å². The third kappa shape index (κ3) is 6.80. The topological polar surface area (TPSA) is 133 Å². The van der Waals surface area contributed by atoms with Crippen molar-refractivity contribution in [2.45, 2.75) is 65.5 Å². The smallest absolute Gasteiger partial charge is 0.357 e. The molecule has 244 valence electrons. The van der Waals surface area contributed by atoms with Crippen LogP contribution in [0.5, 0.6) is 5.75 Å². The van der Waals surface area contributed by atoms with Gasteiger partial charge in [0.25, 0.3) is 11.8 Å². The maximum absolute atomic E-state index is 14.2. The van der Waals surface area contributed by atoms with E-state index in [4.69, 9.17) is 15.2 Å². The highest BCUT2D eigenvalue weighted by molar-refractivity contribution is 7.13. The summed E-state index contributed by atoms with van der Waals surface area (Å²) in [6.07, 6.45) is 4.54. The van der Waals surface area contributed by atoms with E-state index in [1.807, 2.05) is 36.6 Å². The minimum absolute atomic E-state index is 0.0418. The van der Waals surface area contributed by atoms with Gasteiger partial charge in [0.15, 0.2) is 5.69 Å². The fourth-order valence-electron chi connectivity index (χ4n) is 6.37. The van der Waals surface area contributed by atoms with Gasteiger partial charge in [-0.1, -0.05) is 26.0 Å². The number of methoxy groups -OCH3 is 1. The number of nitrogens with zero attached hydrogens (tertiary/aromatic N) is 1. The van der Waals surface area contributed by atoms with E-state index >= 15 is 0 Å². The summed E-state index contributed by atoms with van der Waals surface area (Å²) in [4.78, 5) is 46.3. The fraction of sp³-hybridized carbons (Fsp3) is 0.351. The van der Waals surface area contributed by atoms with Crippen LogP contribution in [0, 0.1) is 12.3 Å². The van der Waals surface area contributed by atoms with Gasteiger partial charge in [0.05, 0.1) is 13.7 Å². The Bertz CT molecular complexity index is 1850. The number of aryl methyl sites for hydroxylation is 1. The first-order chi connectivity index (χ1) is 22.6. The number of nitrogens with one attached hydrogen (secondary N) is 2. The van der Waals surface area contributed by atoms with E-state index in [1.54, 1.807) is 29.5 Å². The molecular formula is C37H40N4O5S. The number of anilines is 1. The first-order valence-electron chi connectivity index (χ1n) is 16.0. The van der Waals surface area contributed by atoms with Crippen molar-refractivity contribution in [1.82, 2.24) is 10.3 Å². The van der Waals surface area contributed by atoms with Gasteiger partial charge >= 0.3 is 5.97 Å². The summed E-state index contributed by atoms with van der Waals surface area (Å²) in [6.45, 7) is 7.26. The lowest BCUT2D eigenvalue weighted by Crippen LogP contribution is -2.39. The highest BCUT2D eigenvalue weighted by Gasteiger charge is 2.30. The van der Waals surface area contributed by atoms with E-state index in [0.717, 1.165) is 59.2 Å². The molecule has 4 aromatic rings. The molecule has 2 aromatic heterocycles. The van der Waals surface area contributed by atoms with Gasteiger partial charge in [-0.3, -0.25) is 9.59 Å². The average molecular weight is 653 g/mol. The molecule has 47 heavy (non-hydrogen) atoms. The molecule has 10 heteroatoms. The number of thiophene rings is 1. The van der Waals surface area contributed by atoms with Crippen molar-refractivity contribution in [3.63, 3.8) is 0 Å². The van der Waals surface area contributed by atoms with E-state index in [-0.39, 0.29) is 34.7 Å². The second kappa shape index (κ2) is 13.3. The highest BCUT2D eigenvalue weighted by atomic mass is 32.1. The third-order valence-corrected chi connectivity index (χ3v) is 10.2. The van der Waals surface area contributed by atoms with Crippen LogP contribution in [0.15, 0.2) is 53.9 Å². The number of fused-ring (bicyclic) bond motifs is 3. The van der Waals surface area contributed by atoms with Crippen LogP contribution in [-0.4, -0.2) is 42.5 Å². The standard InChI is InChI=1S/C37H40N4O5S/c1-21-17-22(20-38)5-7-29(21)41-34(42)27-18-28-31(46-15-11-23-12-16-47-33(23)28)19-26(27)25-6-8-30(40-32(25)36(44)45-4)35(43)39-24-9-13-37(2,3)14-10-24/h5-8,12,16-19,24H,9-11,13-15,20,38H2,1-4H3,(H,39,43)(H,41,42). The molecule has 0 unspecified atom stereocenters. The lowest BCUT2D eigenvalue weighted by atomic mass is 9.75. The predicted octanol–water partition coefficient (Wildman–Crippen LogP) is 6.92. The summed E-state index contributed by atoms with van der Waals surface area (Å²) in [5.41, 5.74) is 11.7. The highest BCUT2D eigenvalue weighted by Crippen LogP contribution is 2.43. The van der Waals surface area contributed by atoms with Gasteiger partial charge in [0.1, 0.15) is 11.4 Å². The normalized spacial score (nSPS) is 15.4. The maximum Gasteiger partial charge on any atom is 0.357 e. The van der Waals surface area contributed by atoms with Crippen molar-refractivity contribution < 1.29 is 23.9 Å². The number of rotatable bonds is 7. The van der Waals surface area contributed by atoms with Gasteiger partial charge in [-0.15, -0.1) is 11.3 Å². The van der Waals surface area contributed by atoms with Crippen molar-refractivity contribution in [2.24, 2.45) is 11.1 Å². The molecule has 0 bridgehead atoms. The molecule has 2 aromatic carbocycles. The summed E-state index contributed by atoms with van der Waals surface area (Å²) in [7, 11) is 1.27. The lowest BCUT2D eigenvalue weighted by molar-refractivity contribution is 0.0594. The summed E-state index contributed by atoms with van der Waals surface area (Å²) >= 11 is 1.59. The molecule has 4 N–H and O–H groups in total. The molecule has 1 saturated carbocycles. The van der Waals surface area contributed by atoms with Crippen LogP contribution in [0.1, 0.15) is 87.6 Å². The van der Waals surface area contributed by atoms with Crippen molar-refractivity contribution in [3.8, 4) is 27.3 Å². The first kappa shape index (κ1) is 32.4. The molecule has 3 heterocycles. The molecule has 6 rings (SSSR count). The number of carbonyl (C=O) groups is 3. The number of pyridine rings is 1. The zero-order chi connectivity index (χ0) is 33.3. The zero-order valence-electron chi connectivity index (χ0n) is 27.2. The van der Waals surface area contributed by atoms with Gasteiger partial charge in [-0.05, 0) is 96.5 Å². The summed E-state index contributed by atoms with van der Waals surface area (Å²) in [5.74, 6) is -0.841. The van der Waals surface area contributed by atoms with E-state index in [0.29, 0.717) is 41.3 Å². The quantitative estimate of drug-likeness (QED) is 0.185. The number of aromatic nitrogens is 1. The minimum Gasteiger partial charge on any atom is -0.493 e. The molecule has 0 radical (unpaired) electrons. The Morgan fingerprint density at radius 3 is 2.53 bits per heavy atom. The van der Waals surface area contributed by atoms with Crippen molar-refractivity contribution in [3.05, 3.63) is 87.6 Å². The van der Waals surface area contributed by atoms with E-state index < -0.39 is 5.97 Å². The molecule has 2 amide bonds. The average Bonchev–Trinajstić information content (AvgIpc) is 3.47. The molecule has 0 saturated heterocycles. The maximum atomic E-state index is 14.2. The largest absolute Gasteiger partial charge is 0.493 e. The van der Waals surface area contributed by atoms with Gasteiger partial charge in [0, 0.05) is 51.8 Å². The van der Waals surface area contributed by atoms with Crippen LogP contribution in [0.2, 0.25) is 0 Å². The minimum atomic E-state index is -0.718. The Balaban J connectivity index is 1.43. The Hall–Kier alpha value is -4.54. The van der Waals surface area contributed by atoms with Crippen molar-refractivity contribution >= 4 is 34.8 Å². The Morgan fingerprint density at radius 1 is 1.02 bits per heavy atom. The van der Waals surface area contributed by atoms with Crippen LogP contribution in [0.4, 0.5) is 5.69 Å². The number of carbonyl (C=O) groups excluding carboxylic acids is 3. The molecule has 9 nitrogen and oxygen atoms in total. The molecule has 1 aliphatic heterocycles. The van der Waals surface area contributed by atoms with Crippen LogP contribution < -0.4 is 21.1 Å². The molecule has 1 fully saturated rings. The summed E-state index contributed by atoms with van der Waals surface area (Å²) < 4.78 is 11.3. The van der Waals surface area contributed by atoms with Gasteiger partial charge in [0.2, 0.25) is 0 Å². The Kier molecular flexibility index (Phi) is 9.16. The monoisotopic (exact) mass is 652 g/mol. The Morgan fingerprint density at radius 2 is 1.81 bits per heavy atom.